The molecule has 0 radical (unpaired) electrons. The lowest BCUT2D eigenvalue weighted by atomic mass is 10.0. The zero-order valence-corrected chi connectivity index (χ0v) is 16.2. The third-order valence-corrected chi connectivity index (χ3v) is 4.56. The summed E-state index contributed by atoms with van der Waals surface area (Å²) >= 11 is 0. The number of rotatable bonds is 10. The number of aliphatic carboxylic acids is 1. The minimum absolute atomic E-state index is 0.398. The minimum Gasteiger partial charge on any atom is -0.490 e. The lowest BCUT2D eigenvalue weighted by molar-refractivity contribution is -0.139. The summed E-state index contributed by atoms with van der Waals surface area (Å²) in [4.78, 5) is 15.0. The number of para-hydroxylation sites is 1. The molecule has 6 nitrogen and oxygen atoms in total. The fraction of sp³-hybridized carbons (Fsp3) is 0.318. The van der Waals surface area contributed by atoms with Crippen molar-refractivity contribution < 1.29 is 19.4 Å². The topological polar surface area (TPSA) is 83.6 Å². The van der Waals surface area contributed by atoms with Crippen LogP contribution in [0.4, 0.5) is 0 Å². The van der Waals surface area contributed by atoms with E-state index in [0.717, 1.165) is 22.0 Å². The average Bonchev–Trinajstić information content (AvgIpc) is 3.10. The molecule has 148 valence electrons. The van der Waals surface area contributed by atoms with E-state index in [4.69, 9.17) is 9.47 Å². The molecule has 3 aromatic rings. The SMILES string of the molecule is CCOc1ccc(CN[C@@H](Cc2c[nH]c3ccccc23)C(=O)O)cc1OCC. The van der Waals surface area contributed by atoms with Crippen molar-refractivity contribution in [2.75, 3.05) is 13.2 Å². The number of carbonyl (C=O) groups is 1. The molecule has 0 unspecified atom stereocenters. The molecule has 0 amide bonds. The summed E-state index contributed by atoms with van der Waals surface area (Å²) < 4.78 is 11.2. The van der Waals surface area contributed by atoms with E-state index in [9.17, 15) is 9.90 Å². The monoisotopic (exact) mass is 382 g/mol. The van der Waals surface area contributed by atoms with Crippen LogP contribution in [-0.4, -0.2) is 35.3 Å². The van der Waals surface area contributed by atoms with Gasteiger partial charge in [-0.15, -0.1) is 0 Å². The third-order valence-electron chi connectivity index (χ3n) is 4.56. The Bertz CT molecular complexity index is 935. The van der Waals surface area contributed by atoms with Crippen LogP contribution in [0.1, 0.15) is 25.0 Å². The van der Waals surface area contributed by atoms with Crippen LogP contribution < -0.4 is 14.8 Å². The second-order valence-electron chi connectivity index (χ2n) is 6.48. The van der Waals surface area contributed by atoms with Crippen molar-refractivity contribution in [3.63, 3.8) is 0 Å². The first-order valence-electron chi connectivity index (χ1n) is 9.52. The van der Waals surface area contributed by atoms with Crippen LogP contribution in [0.2, 0.25) is 0 Å². The molecular formula is C22H26N2O4. The Labute approximate surface area is 164 Å². The number of carboxylic acid groups (broad SMARTS) is 1. The van der Waals surface area contributed by atoms with Gasteiger partial charge in [0.1, 0.15) is 6.04 Å². The quantitative estimate of drug-likeness (QED) is 0.497. The predicted molar refractivity (Wildman–Crippen MR) is 109 cm³/mol. The highest BCUT2D eigenvalue weighted by Gasteiger charge is 2.19. The van der Waals surface area contributed by atoms with Gasteiger partial charge in [0.2, 0.25) is 0 Å². The fourth-order valence-electron chi connectivity index (χ4n) is 3.21. The van der Waals surface area contributed by atoms with Crippen molar-refractivity contribution in [3.8, 4) is 11.5 Å². The van der Waals surface area contributed by atoms with Crippen LogP contribution in [-0.2, 0) is 17.8 Å². The van der Waals surface area contributed by atoms with Crippen LogP contribution in [0.3, 0.4) is 0 Å². The molecule has 3 N–H and O–H groups in total. The number of benzene rings is 2. The molecule has 1 heterocycles. The molecule has 28 heavy (non-hydrogen) atoms. The van der Waals surface area contributed by atoms with E-state index in [1.54, 1.807) is 0 Å². The number of hydrogen-bond donors (Lipinski definition) is 3. The number of aromatic amines is 1. The Kier molecular flexibility index (Phi) is 6.55. The van der Waals surface area contributed by atoms with Gasteiger partial charge in [-0.1, -0.05) is 24.3 Å². The van der Waals surface area contributed by atoms with Gasteiger partial charge >= 0.3 is 5.97 Å². The zero-order valence-electron chi connectivity index (χ0n) is 16.2. The third kappa shape index (κ3) is 4.64. The van der Waals surface area contributed by atoms with Crippen molar-refractivity contribution in [2.24, 2.45) is 0 Å². The summed E-state index contributed by atoms with van der Waals surface area (Å²) in [5.74, 6) is 0.495. The van der Waals surface area contributed by atoms with Gasteiger partial charge in [0, 0.05) is 30.1 Å². The molecule has 0 spiro atoms. The molecule has 0 saturated carbocycles. The summed E-state index contributed by atoms with van der Waals surface area (Å²) in [6.45, 7) is 5.36. The molecule has 0 saturated heterocycles. The maximum Gasteiger partial charge on any atom is 0.321 e. The molecule has 0 aliphatic heterocycles. The molecule has 1 atom stereocenters. The first kappa shape index (κ1) is 19.8. The average molecular weight is 382 g/mol. The van der Waals surface area contributed by atoms with E-state index in [1.165, 1.54) is 0 Å². The van der Waals surface area contributed by atoms with Gasteiger partial charge in [-0.3, -0.25) is 4.79 Å². The molecule has 0 aliphatic rings. The minimum atomic E-state index is -0.874. The Morgan fingerprint density at radius 1 is 1.11 bits per heavy atom. The van der Waals surface area contributed by atoms with Gasteiger partial charge in [-0.25, -0.2) is 0 Å². The second-order valence-corrected chi connectivity index (χ2v) is 6.48. The maximum atomic E-state index is 11.8. The largest absolute Gasteiger partial charge is 0.490 e. The molecule has 0 aliphatic carbocycles. The zero-order chi connectivity index (χ0) is 19.9. The van der Waals surface area contributed by atoms with Gasteiger partial charge in [0.15, 0.2) is 11.5 Å². The lowest BCUT2D eigenvalue weighted by Gasteiger charge is -2.16. The number of ether oxygens (including phenoxy) is 2. The predicted octanol–water partition coefficient (Wildman–Crippen LogP) is 3.75. The molecule has 0 bridgehead atoms. The summed E-state index contributed by atoms with van der Waals surface area (Å²) in [6, 6.07) is 12.9. The highest BCUT2D eigenvalue weighted by Crippen LogP contribution is 2.28. The number of aromatic nitrogens is 1. The molecule has 3 rings (SSSR count). The van der Waals surface area contributed by atoms with E-state index in [1.807, 2.05) is 62.5 Å². The Morgan fingerprint density at radius 3 is 2.61 bits per heavy atom. The first-order valence-corrected chi connectivity index (χ1v) is 9.52. The van der Waals surface area contributed by atoms with Crippen molar-refractivity contribution in [1.82, 2.24) is 10.3 Å². The van der Waals surface area contributed by atoms with Crippen LogP contribution in [0.5, 0.6) is 11.5 Å². The van der Waals surface area contributed by atoms with E-state index in [0.29, 0.717) is 37.7 Å². The van der Waals surface area contributed by atoms with Crippen LogP contribution in [0.15, 0.2) is 48.7 Å². The second kappa shape index (κ2) is 9.28. The van der Waals surface area contributed by atoms with Gasteiger partial charge in [0.05, 0.1) is 13.2 Å². The highest BCUT2D eigenvalue weighted by atomic mass is 16.5. The van der Waals surface area contributed by atoms with Crippen molar-refractivity contribution in [1.29, 1.82) is 0 Å². The molecule has 0 fully saturated rings. The number of carboxylic acids is 1. The standard InChI is InChI=1S/C22H26N2O4/c1-3-27-20-10-9-15(11-21(20)28-4-2)13-23-19(22(25)26)12-16-14-24-18-8-6-5-7-17(16)18/h5-11,14,19,23-24H,3-4,12-13H2,1-2H3,(H,25,26)/t19-/m0/s1. The van der Waals surface area contributed by atoms with E-state index in [2.05, 4.69) is 10.3 Å². The number of nitrogens with one attached hydrogen (secondary N) is 2. The number of H-pyrrole nitrogens is 1. The Morgan fingerprint density at radius 2 is 1.86 bits per heavy atom. The highest BCUT2D eigenvalue weighted by molar-refractivity contribution is 5.84. The molecular weight excluding hydrogens is 356 g/mol. The normalized spacial score (nSPS) is 12.1. The van der Waals surface area contributed by atoms with Gasteiger partial charge in [-0.2, -0.15) is 0 Å². The summed E-state index contributed by atoms with van der Waals surface area (Å²) in [5.41, 5.74) is 2.93. The van der Waals surface area contributed by atoms with Crippen molar-refractivity contribution in [2.45, 2.75) is 32.9 Å². The molecule has 6 heteroatoms. The number of fused-ring (bicyclic) bond motifs is 1. The summed E-state index contributed by atoms with van der Waals surface area (Å²) in [6.07, 6.45) is 2.28. The number of hydrogen-bond acceptors (Lipinski definition) is 4. The smallest absolute Gasteiger partial charge is 0.321 e. The molecule has 2 aromatic carbocycles. The van der Waals surface area contributed by atoms with Crippen LogP contribution in [0, 0.1) is 0 Å². The lowest BCUT2D eigenvalue weighted by Crippen LogP contribution is -2.38. The Hall–Kier alpha value is -2.99. The van der Waals surface area contributed by atoms with Crippen molar-refractivity contribution >= 4 is 16.9 Å². The van der Waals surface area contributed by atoms with Crippen molar-refractivity contribution in [3.05, 3.63) is 59.8 Å². The fourth-order valence-corrected chi connectivity index (χ4v) is 3.21. The van der Waals surface area contributed by atoms with Crippen LogP contribution in [0.25, 0.3) is 10.9 Å². The van der Waals surface area contributed by atoms with E-state index in [-0.39, 0.29) is 0 Å². The maximum absolute atomic E-state index is 11.8. The van der Waals surface area contributed by atoms with Gasteiger partial charge < -0.3 is 24.9 Å². The molecule has 1 aromatic heterocycles. The summed E-state index contributed by atoms with van der Waals surface area (Å²) in [5, 5.41) is 13.9. The van der Waals surface area contributed by atoms with Crippen LogP contribution >= 0.6 is 0 Å². The Balaban J connectivity index is 1.71. The van der Waals surface area contributed by atoms with E-state index >= 15 is 0 Å². The van der Waals surface area contributed by atoms with Gasteiger partial charge in [-0.05, 0) is 43.2 Å². The van der Waals surface area contributed by atoms with Gasteiger partial charge in [0.25, 0.3) is 0 Å². The van der Waals surface area contributed by atoms with E-state index < -0.39 is 12.0 Å². The first-order chi connectivity index (χ1) is 13.6. The summed E-state index contributed by atoms with van der Waals surface area (Å²) in [7, 11) is 0.